The van der Waals surface area contributed by atoms with E-state index < -0.39 is 0 Å². The number of carbonyl (C=O) groups excluding carboxylic acids is 2. The molecule has 0 saturated carbocycles. The van der Waals surface area contributed by atoms with Crippen LogP contribution in [-0.2, 0) is 4.79 Å². The molecule has 3 aromatic rings. The van der Waals surface area contributed by atoms with Crippen molar-refractivity contribution in [3.05, 3.63) is 47.9 Å². The largest absolute Gasteiger partial charge is 0.460 e. The molecule has 2 aliphatic heterocycles. The molecule has 1 fully saturated rings. The van der Waals surface area contributed by atoms with Gasteiger partial charge in [-0.2, -0.15) is 5.10 Å². The van der Waals surface area contributed by atoms with Gasteiger partial charge >= 0.3 is 0 Å². The molecule has 0 atom stereocenters. The van der Waals surface area contributed by atoms with E-state index in [-0.39, 0.29) is 24.5 Å². The van der Waals surface area contributed by atoms with E-state index in [4.69, 9.17) is 13.9 Å². The third-order valence-electron chi connectivity index (χ3n) is 5.60. The number of benzene rings is 1. The smallest absolute Gasteiger partial charge is 0.274 e. The van der Waals surface area contributed by atoms with Crippen LogP contribution in [0.1, 0.15) is 29.1 Å². The van der Waals surface area contributed by atoms with Crippen LogP contribution in [0.2, 0.25) is 0 Å². The molecule has 5 rings (SSSR count). The van der Waals surface area contributed by atoms with Crippen LogP contribution in [0, 0.1) is 12.8 Å². The van der Waals surface area contributed by atoms with E-state index in [0.717, 1.165) is 5.76 Å². The van der Waals surface area contributed by atoms with Crippen LogP contribution >= 0.6 is 0 Å². The van der Waals surface area contributed by atoms with Gasteiger partial charge in [0.15, 0.2) is 23.0 Å². The number of nitrogens with one attached hydrogen (secondary N) is 2. The van der Waals surface area contributed by atoms with Gasteiger partial charge in [0.2, 0.25) is 12.7 Å². The molecule has 0 spiro atoms. The second kappa shape index (κ2) is 7.82. The summed E-state index contributed by atoms with van der Waals surface area (Å²) in [4.78, 5) is 27.2. The van der Waals surface area contributed by atoms with Gasteiger partial charge in [0.1, 0.15) is 11.5 Å². The van der Waals surface area contributed by atoms with Gasteiger partial charge in [0, 0.05) is 36.8 Å². The Hall–Kier alpha value is -3.75. The van der Waals surface area contributed by atoms with Crippen molar-refractivity contribution >= 4 is 17.5 Å². The first-order chi connectivity index (χ1) is 15.1. The Morgan fingerprint density at radius 3 is 2.68 bits per heavy atom. The number of ether oxygens (including phenoxy) is 2. The Labute approximate surface area is 178 Å². The summed E-state index contributed by atoms with van der Waals surface area (Å²) in [5.41, 5.74) is 1.67. The van der Waals surface area contributed by atoms with Crippen molar-refractivity contribution in [1.82, 2.24) is 15.1 Å². The Morgan fingerprint density at radius 2 is 1.90 bits per heavy atom. The summed E-state index contributed by atoms with van der Waals surface area (Å²) >= 11 is 0. The molecular weight excluding hydrogens is 400 g/mol. The number of aromatic amines is 1. The van der Waals surface area contributed by atoms with Crippen molar-refractivity contribution in [2.45, 2.75) is 19.8 Å². The van der Waals surface area contributed by atoms with Crippen LogP contribution in [0.3, 0.4) is 0 Å². The zero-order valence-electron chi connectivity index (χ0n) is 17.0. The molecule has 9 heteroatoms. The second-order valence-corrected chi connectivity index (χ2v) is 7.70. The zero-order valence-corrected chi connectivity index (χ0v) is 17.0. The number of likely N-dealkylation sites (tertiary alicyclic amines) is 1. The maximum atomic E-state index is 12.8. The molecule has 2 aromatic heterocycles. The van der Waals surface area contributed by atoms with E-state index in [1.807, 2.05) is 19.1 Å². The summed E-state index contributed by atoms with van der Waals surface area (Å²) < 4.78 is 16.2. The molecule has 160 valence electrons. The molecule has 4 heterocycles. The van der Waals surface area contributed by atoms with E-state index in [1.54, 1.807) is 29.2 Å². The number of carbonyl (C=O) groups is 2. The highest BCUT2D eigenvalue weighted by molar-refractivity contribution is 5.95. The predicted octanol–water partition coefficient (Wildman–Crippen LogP) is 3.20. The molecule has 31 heavy (non-hydrogen) atoms. The number of H-pyrrole nitrogens is 1. The number of amides is 2. The minimum absolute atomic E-state index is 0.0544. The van der Waals surface area contributed by atoms with Crippen molar-refractivity contribution < 1.29 is 23.5 Å². The minimum atomic E-state index is -0.157. The number of aryl methyl sites for hydroxylation is 1. The first-order valence-electron chi connectivity index (χ1n) is 10.2. The van der Waals surface area contributed by atoms with Crippen LogP contribution in [-0.4, -0.2) is 46.8 Å². The number of piperidine rings is 1. The molecule has 0 radical (unpaired) electrons. The molecule has 2 amide bonds. The van der Waals surface area contributed by atoms with Gasteiger partial charge < -0.3 is 24.1 Å². The first kappa shape index (κ1) is 19.2. The third-order valence-corrected chi connectivity index (χ3v) is 5.60. The van der Waals surface area contributed by atoms with E-state index in [9.17, 15) is 9.59 Å². The Bertz CT molecular complexity index is 1130. The molecular formula is C22H22N4O5. The Kier molecular flexibility index (Phi) is 4.85. The SMILES string of the molecule is Cc1ccc(-c2cc(C(=O)N3CCC(C(=O)Nc4ccc5c(c4)OCO5)CC3)n[nH]2)o1. The number of fused-ring (bicyclic) bond motifs is 1. The first-order valence-corrected chi connectivity index (χ1v) is 10.2. The Morgan fingerprint density at radius 1 is 1.10 bits per heavy atom. The van der Waals surface area contributed by atoms with E-state index in [0.29, 0.717) is 60.3 Å². The summed E-state index contributed by atoms with van der Waals surface area (Å²) in [5.74, 6) is 2.37. The number of aromatic nitrogens is 2. The normalized spacial score (nSPS) is 15.8. The van der Waals surface area contributed by atoms with Gasteiger partial charge in [-0.1, -0.05) is 0 Å². The van der Waals surface area contributed by atoms with Crippen molar-refractivity contribution in [1.29, 1.82) is 0 Å². The fourth-order valence-electron chi connectivity index (χ4n) is 3.86. The lowest BCUT2D eigenvalue weighted by atomic mass is 9.95. The highest BCUT2D eigenvalue weighted by atomic mass is 16.7. The number of rotatable bonds is 4. The lowest BCUT2D eigenvalue weighted by Gasteiger charge is -2.30. The quantitative estimate of drug-likeness (QED) is 0.668. The summed E-state index contributed by atoms with van der Waals surface area (Å²) in [7, 11) is 0. The van der Waals surface area contributed by atoms with Crippen LogP contribution in [0.15, 0.2) is 40.8 Å². The average molecular weight is 422 g/mol. The lowest BCUT2D eigenvalue weighted by Crippen LogP contribution is -2.41. The number of anilines is 1. The number of furan rings is 1. The van der Waals surface area contributed by atoms with Gasteiger partial charge in [-0.3, -0.25) is 14.7 Å². The van der Waals surface area contributed by atoms with E-state index in [2.05, 4.69) is 15.5 Å². The Balaban J connectivity index is 1.17. The van der Waals surface area contributed by atoms with E-state index in [1.165, 1.54) is 0 Å². The van der Waals surface area contributed by atoms with Crippen LogP contribution < -0.4 is 14.8 Å². The topological polar surface area (TPSA) is 110 Å². The highest BCUT2D eigenvalue weighted by Crippen LogP contribution is 2.34. The summed E-state index contributed by atoms with van der Waals surface area (Å²) in [5, 5.41) is 9.93. The summed E-state index contributed by atoms with van der Waals surface area (Å²) in [6.45, 7) is 3.05. The molecule has 1 aromatic carbocycles. The lowest BCUT2D eigenvalue weighted by molar-refractivity contribution is -0.121. The standard InChI is InChI=1S/C22H22N4O5/c1-13-2-4-18(31-13)16-11-17(25-24-16)22(28)26-8-6-14(7-9-26)21(27)23-15-3-5-19-20(10-15)30-12-29-19/h2-5,10-11,14H,6-9,12H2,1H3,(H,23,27)(H,24,25). The van der Waals surface area contributed by atoms with Crippen molar-refractivity contribution in [3.63, 3.8) is 0 Å². The summed E-state index contributed by atoms with van der Waals surface area (Å²) in [6, 6.07) is 10.7. The molecule has 0 bridgehead atoms. The molecule has 2 N–H and O–H groups in total. The van der Waals surface area contributed by atoms with E-state index >= 15 is 0 Å². The molecule has 9 nitrogen and oxygen atoms in total. The van der Waals surface area contributed by atoms with Crippen LogP contribution in [0.5, 0.6) is 11.5 Å². The highest BCUT2D eigenvalue weighted by Gasteiger charge is 2.29. The van der Waals surface area contributed by atoms with Crippen molar-refractivity contribution in [3.8, 4) is 23.0 Å². The number of hydrogen-bond donors (Lipinski definition) is 2. The fourth-order valence-corrected chi connectivity index (χ4v) is 3.86. The molecule has 1 saturated heterocycles. The van der Waals surface area contributed by atoms with Gasteiger partial charge in [0.25, 0.3) is 5.91 Å². The van der Waals surface area contributed by atoms with Crippen LogP contribution in [0.4, 0.5) is 5.69 Å². The maximum absolute atomic E-state index is 12.8. The molecule has 0 unspecified atom stereocenters. The van der Waals surface area contributed by atoms with Crippen LogP contribution in [0.25, 0.3) is 11.5 Å². The van der Waals surface area contributed by atoms with Gasteiger partial charge in [-0.05, 0) is 44.0 Å². The van der Waals surface area contributed by atoms with Gasteiger partial charge in [-0.15, -0.1) is 0 Å². The van der Waals surface area contributed by atoms with Crippen molar-refractivity contribution in [2.75, 3.05) is 25.2 Å². The monoisotopic (exact) mass is 422 g/mol. The predicted molar refractivity (Wildman–Crippen MR) is 111 cm³/mol. The average Bonchev–Trinajstić information content (AvgIpc) is 3.53. The van der Waals surface area contributed by atoms with Crippen molar-refractivity contribution in [2.24, 2.45) is 5.92 Å². The fraction of sp³-hybridized carbons (Fsp3) is 0.318. The number of hydrogen-bond acceptors (Lipinski definition) is 6. The maximum Gasteiger partial charge on any atom is 0.274 e. The molecule has 0 aliphatic carbocycles. The number of nitrogens with zero attached hydrogens (tertiary/aromatic N) is 2. The second-order valence-electron chi connectivity index (χ2n) is 7.70. The van der Waals surface area contributed by atoms with Gasteiger partial charge in [0.05, 0.1) is 0 Å². The zero-order chi connectivity index (χ0) is 21.4. The minimum Gasteiger partial charge on any atom is -0.460 e. The third kappa shape index (κ3) is 3.86. The summed E-state index contributed by atoms with van der Waals surface area (Å²) in [6.07, 6.45) is 1.19. The van der Waals surface area contributed by atoms with Gasteiger partial charge in [-0.25, -0.2) is 0 Å². The molecule has 2 aliphatic rings.